The summed E-state index contributed by atoms with van der Waals surface area (Å²) in [6, 6.07) is 0. The maximum atomic E-state index is 12.7. The number of hydrogen-bond donors (Lipinski definition) is 1. The average molecular weight is 145 g/mol. The molecule has 1 aromatic rings. The summed E-state index contributed by atoms with van der Waals surface area (Å²) in [6.07, 6.45) is 0. The molecule has 0 saturated heterocycles. The van der Waals surface area contributed by atoms with Crippen LogP contribution in [0.15, 0.2) is 0 Å². The average Bonchev–Trinajstić information content (AvgIpc) is 1.98. The van der Waals surface area contributed by atoms with Gasteiger partial charge in [0.15, 0.2) is 0 Å². The summed E-state index contributed by atoms with van der Waals surface area (Å²) in [4.78, 5) is 0.671. The van der Waals surface area contributed by atoms with E-state index in [9.17, 15) is 4.39 Å². The first-order valence-corrected chi connectivity index (χ1v) is 3.45. The molecule has 50 valence electrons. The van der Waals surface area contributed by atoms with Crippen molar-refractivity contribution in [2.24, 2.45) is 0 Å². The zero-order valence-electron chi connectivity index (χ0n) is 5.36. The van der Waals surface area contributed by atoms with Gasteiger partial charge in [-0.25, -0.2) is 4.39 Å². The van der Waals surface area contributed by atoms with Gasteiger partial charge < -0.3 is 5.73 Å². The van der Waals surface area contributed by atoms with Crippen LogP contribution in [0.3, 0.4) is 0 Å². The van der Waals surface area contributed by atoms with Crippen LogP contribution in [0.25, 0.3) is 0 Å². The Morgan fingerprint density at radius 3 is 2.11 bits per heavy atom. The summed E-state index contributed by atoms with van der Waals surface area (Å²) in [7, 11) is 0. The molecular weight excluding hydrogens is 137 g/mol. The molecule has 3 heteroatoms. The van der Waals surface area contributed by atoms with Gasteiger partial charge in [-0.3, -0.25) is 0 Å². The Kier molecular flexibility index (Phi) is 1.45. The molecule has 0 aliphatic carbocycles. The normalized spacial score (nSPS) is 10.1. The van der Waals surface area contributed by atoms with Crippen molar-refractivity contribution in [3.05, 3.63) is 16.3 Å². The van der Waals surface area contributed by atoms with E-state index in [1.54, 1.807) is 13.8 Å². The Balaban J connectivity index is 3.29. The zero-order chi connectivity index (χ0) is 7.02. The van der Waals surface area contributed by atoms with E-state index in [4.69, 9.17) is 5.73 Å². The van der Waals surface area contributed by atoms with Crippen LogP contribution in [-0.4, -0.2) is 0 Å². The van der Waals surface area contributed by atoms with Gasteiger partial charge in [-0.2, -0.15) is 0 Å². The van der Waals surface area contributed by atoms with Crippen molar-refractivity contribution in [3.8, 4) is 0 Å². The first-order valence-electron chi connectivity index (χ1n) is 2.64. The van der Waals surface area contributed by atoms with Crippen molar-refractivity contribution in [2.75, 3.05) is 5.73 Å². The van der Waals surface area contributed by atoms with E-state index >= 15 is 0 Å². The van der Waals surface area contributed by atoms with Crippen molar-refractivity contribution in [3.63, 3.8) is 0 Å². The number of halogens is 1. The van der Waals surface area contributed by atoms with Gasteiger partial charge in [-0.15, -0.1) is 11.3 Å². The number of anilines is 1. The highest BCUT2D eigenvalue weighted by Crippen LogP contribution is 2.27. The Labute approximate surface area is 57.3 Å². The van der Waals surface area contributed by atoms with Crippen molar-refractivity contribution in [1.29, 1.82) is 0 Å². The van der Waals surface area contributed by atoms with E-state index in [0.717, 1.165) is 0 Å². The van der Waals surface area contributed by atoms with Crippen LogP contribution < -0.4 is 5.73 Å². The van der Waals surface area contributed by atoms with Crippen LogP contribution >= 0.6 is 11.3 Å². The largest absolute Gasteiger partial charge is 0.390 e. The summed E-state index contributed by atoms with van der Waals surface area (Å²) >= 11 is 1.30. The highest BCUT2D eigenvalue weighted by atomic mass is 32.1. The fraction of sp³-hybridized carbons (Fsp3) is 0.333. The maximum absolute atomic E-state index is 12.7. The first-order chi connectivity index (χ1) is 4.13. The van der Waals surface area contributed by atoms with Crippen molar-refractivity contribution < 1.29 is 4.39 Å². The SMILES string of the molecule is Cc1sc(N)c(C)c1F. The van der Waals surface area contributed by atoms with E-state index in [2.05, 4.69) is 0 Å². The Hall–Kier alpha value is -0.570. The molecule has 1 heterocycles. The first kappa shape index (κ1) is 6.55. The Bertz CT molecular complexity index is 207. The monoisotopic (exact) mass is 145 g/mol. The number of hydrogen-bond acceptors (Lipinski definition) is 2. The van der Waals surface area contributed by atoms with Gasteiger partial charge in [0.2, 0.25) is 0 Å². The molecule has 0 spiro atoms. The smallest absolute Gasteiger partial charge is 0.141 e. The summed E-state index contributed by atoms with van der Waals surface area (Å²) in [5.74, 6) is -0.155. The van der Waals surface area contributed by atoms with Crippen LogP contribution in [0, 0.1) is 19.7 Å². The van der Waals surface area contributed by atoms with E-state index < -0.39 is 0 Å². The van der Waals surface area contributed by atoms with Gasteiger partial charge in [0, 0.05) is 10.4 Å². The molecule has 0 aliphatic heterocycles. The molecule has 0 atom stereocenters. The molecule has 0 saturated carbocycles. The lowest BCUT2D eigenvalue weighted by Gasteiger charge is -1.84. The predicted molar refractivity (Wildman–Crippen MR) is 38.2 cm³/mol. The van der Waals surface area contributed by atoms with Crippen LogP contribution in [0.5, 0.6) is 0 Å². The summed E-state index contributed by atoms with van der Waals surface area (Å²) in [5, 5.41) is 0.588. The third-order valence-electron chi connectivity index (χ3n) is 1.27. The molecule has 0 radical (unpaired) electrons. The number of nitrogen functional groups attached to an aromatic ring is 1. The fourth-order valence-corrected chi connectivity index (χ4v) is 1.47. The minimum Gasteiger partial charge on any atom is -0.390 e. The fourth-order valence-electron chi connectivity index (χ4n) is 0.658. The third-order valence-corrected chi connectivity index (χ3v) is 2.28. The number of thiophene rings is 1. The second-order valence-electron chi connectivity index (χ2n) is 1.96. The molecule has 1 rings (SSSR count). The minimum atomic E-state index is -0.155. The van der Waals surface area contributed by atoms with Crippen LogP contribution in [0.1, 0.15) is 10.4 Å². The molecule has 9 heavy (non-hydrogen) atoms. The van der Waals surface area contributed by atoms with E-state index in [-0.39, 0.29) is 5.82 Å². The second-order valence-corrected chi connectivity index (χ2v) is 3.22. The van der Waals surface area contributed by atoms with E-state index in [0.29, 0.717) is 15.4 Å². The maximum Gasteiger partial charge on any atom is 0.141 e. The Morgan fingerprint density at radius 1 is 1.44 bits per heavy atom. The minimum absolute atomic E-state index is 0.155. The van der Waals surface area contributed by atoms with Gasteiger partial charge in [0.05, 0.1) is 5.00 Å². The molecule has 1 aromatic heterocycles. The quantitative estimate of drug-likeness (QED) is 0.594. The molecular formula is C6H8FNS. The molecule has 0 amide bonds. The summed E-state index contributed by atoms with van der Waals surface area (Å²) in [5.41, 5.74) is 6.00. The van der Waals surface area contributed by atoms with Crippen molar-refractivity contribution in [1.82, 2.24) is 0 Å². The van der Waals surface area contributed by atoms with Crippen LogP contribution in [0.2, 0.25) is 0 Å². The summed E-state index contributed by atoms with van der Waals surface area (Å²) < 4.78 is 12.7. The highest BCUT2D eigenvalue weighted by molar-refractivity contribution is 7.16. The van der Waals surface area contributed by atoms with Crippen molar-refractivity contribution >= 4 is 16.3 Å². The van der Waals surface area contributed by atoms with Crippen LogP contribution in [-0.2, 0) is 0 Å². The standard InChI is InChI=1S/C6H8FNS/c1-3-5(7)4(2)9-6(3)8/h8H2,1-2H3. The van der Waals surface area contributed by atoms with Gasteiger partial charge in [-0.05, 0) is 13.8 Å². The molecule has 1 nitrogen and oxygen atoms in total. The lowest BCUT2D eigenvalue weighted by Crippen LogP contribution is -1.82. The third kappa shape index (κ3) is 0.920. The molecule has 0 unspecified atom stereocenters. The molecule has 0 fully saturated rings. The van der Waals surface area contributed by atoms with Gasteiger partial charge >= 0.3 is 0 Å². The lowest BCUT2D eigenvalue weighted by molar-refractivity contribution is 0.617. The number of rotatable bonds is 0. The number of aryl methyl sites for hydroxylation is 1. The van der Waals surface area contributed by atoms with Gasteiger partial charge in [0.1, 0.15) is 5.82 Å². The molecule has 2 N–H and O–H groups in total. The van der Waals surface area contributed by atoms with E-state index in [1.807, 2.05) is 0 Å². The molecule has 0 aromatic carbocycles. The lowest BCUT2D eigenvalue weighted by atomic mass is 10.3. The summed E-state index contributed by atoms with van der Waals surface area (Å²) in [6.45, 7) is 3.41. The van der Waals surface area contributed by atoms with Gasteiger partial charge in [0.25, 0.3) is 0 Å². The predicted octanol–water partition coefficient (Wildman–Crippen LogP) is 2.09. The molecule has 0 bridgehead atoms. The number of nitrogens with two attached hydrogens (primary N) is 1. The van der Waals surface area contributed by atoms with Crippen molar-refractivity contribution in [2.45, 2.75) is 13.8 Å². The zero-order valence-corrected chi connectivity index (χ0v) is 6.18. The van der Waals surface area contributed by atoms with Crippen LogP contribution in [0.4, 0.5) is 9.39 Å². The molecule has 0 aliphatic rings. The van der Waals surface area contributed by atoms with E-state index in [1.165, 1.54) is 11.3 Å². The van der Waals surface area contributed by atoms with Gasteiger partial charge in [-0.1, -0.05) is 0 Å². The highest BCUT2D eigenvalue weighted by Gasteiger charge is 2.07. The topological polar surface area (TPSA) is 26.0 Å². The Morgan fingerprint density at radius 2 is 2.00 bits per heavy atom. The second kappa shape index (κ2) is 1.99.